The van der Waals surface area contributed by atoms with Crippen LogP contribution in [0.2, 0.25) is 0 Å². The van der Waals surface area contributed by atoms with Gasteiger partial charge in [-0.15, -0.1) is 0 Å². The highest BCUT2D eigenvalue weighted by atomic mass is 79.9. The summed E-state index contributed by atoms with van der Waals surface area (Å²) in [5, 5.41) is 3.44. The standard InChI is InChI=1S/C22H18BrN3OS/c1-14-12-16(15(2)26(14)19-6-4-3-5-7-19)13-20-21(27)25-22(28-20)24-18-10-8-17(23)9-11-18/h3-13H,1-2H3,(H,24,25,27)/b20-13-. The number of amides is 1. The van der Waals surface area contributed by atoms with E-state index in [2.05, 4.69) is 62.9 Å². The molecule has 6 heteroatoms. The van der Waals surface area contributed by atoms with Gasteiger partial charge in [-0.1, -0.05) is 34.1 Å². The molecule has 0 bridgehead atoms. The second-order valence-corrected chi connectivity index (χ2v) is 8.40. The molecule has 0 unspecified atom stereocenters. The van der Waals surface area contributed by atoms with Crippen LogP contribution in [0.4, 0.5) is 5.69 Å². The molecular weight excluding hydrogens is 434 g/mol. The first-order valence-corrected chi connectivity index (χ1v) is 10.4. The molecule has 2 heterocycles. The smallest absolute Gasteiger partial charge is 0.264 e. The van der Waals surface area contributed by atoms with Gasteiger partial charge in [0.15, 0.2) is 5.17 Å². The van der Waals surface area contributed by atoms with Gasteiger partial charge in [-0.05, 0) is 79.7 Å². The average molecular weight is 452 g/mol. The lowest BCUT2D eigenvalue weighted by Crippen LogP contribution is -2.19. The summed E-state index contributed by atoms with van der Waals surface area (Å²) in [6.45, 7) is 4.14. The van der Waals surface area contributed by atoms with Crippen LogP contribution in [-0.2, 0) is 4.79 Å². The molecule has 0 saturated carbocycles. The van der Waals surface area contributed by atoms with E-state index in [9.17, 15) is 4.79 Å². The minimum Gasteiger partial charge on any atom is -0.318 e. The highest BCUT2D eigenvalue weighted by Crippen LogP contribution is 2.30. The monoisotopic (exact) mass is 451 g/mol. The molecule has 1 aliphatic heterocycles. The molecule has 0 radical (unpaired) electrons. The quantitative estimate of drug-likeness (QED) is 0.515. The van der Waals surface area contributed by atoms with E-state index in [1.807, 2.05) is 48.5 Å². The van der Waals surface area contributed by atoms with E-state index >= 15 is 0 Å². The molecule has 1 fully saturated rings. The summed E-state index contributed by atoms with van der Waals surface area (Å²) in [5.74, 6) is -0.120. The normalized spacial score (nSPS) is 16.8. The van der Waals surface area contributed by atoms with Gasteiger partial charge in [0.05, 0.1) is 10.6 Å². The number of carbonyl (C=O) groups excluding carboxylic acids is 1. The summed E-state index contributed by atoms with van der Waals surface area (Å²) in [4.78, 5) is 17.6. The lowest BCUT2D eigenvalue weighted by Gasteiger charge is -2.09. The molecule has 4 rings (SSSR count). The van der Waals surface area contributed by atoms with Crippen LogP contribution in [0.1, 0.15) is 17.0 Å². The Morgan fingerprint density at radius 3 is 2.50 bits per heavy atom. The maximum absolute atomic E-state index is 12.4. The van der Waals surface area contributed by atoms with E-state index in [0.29, 0.717) is 10.1 Å². The zero-order valence-corrected chi connectivity index (χ0v) is 17.8. The highest BCUT2D eigenvalue weighted by molar-refractivity contribution is 9.10. The van der Waals surface area contributed by atoms with Gasteiger partial charge in [0, 0.05) is 21.5 Å². The Morgan fingerprint density at radius 1 is 1.07 bits per heavy atom. The first kappa shape index (κ1) is 18.8. The Morgan fingerprint density at radius 2 is 1.79 bits per heavy atom. The third kappa shape index (κ3) is 3.84. The number of nitrogens with zero attached hydrogens (tertiary/aromatic N) is 2. The molecule has 0 atom stereocenters. The molecule has 1 N–H and O–H groups in total. The van der Waals surface area contributed by atoms with E-state index in [1.54, 1.807) is 0 Å². The first-order chi connectivity index (χ1) is 13.5. The van der Waals surface area contributed by atoms with Crippen molar-refractivity contribution in [2.45, 2.75) is 13.8 Å². The van der Waals surface area contributed by atoms with Crippen molar-refractivity contribution in [2.75, 3.05) is 0 Å². The minimum absolute atomic E-state index is 0.120. The Kier molecular flexibility index (Phi) is 5.24. The van der Waals surface area contributed by atoms with Gasteiger partial charge >= 0.3 is 0 Å². The number of nitrogens with one attached hydrogen (secondary N) is 1. The van der Waals surface area contributed by atoms with Crippen LogP contribution in [-0.4, -0.2) is 15.6 Å². The molecule has 3 aromatic rings. The van der Waals surface area contributed by atoms with Crippen molar-refractivity contribution in [1.29, 1.82) is 0 Å². The van der Waals surface area contributed by atoms with E-state index in [4.69, 9.17) is 0 Å². The van der Waals surface area contributed by atoms with E-state index in [-0.39, 0.29) is 5.91 Å². The number of benzene rings is 2. The molecule has 140 valence electrons. The number of halogens is 1. The van der Waals surface area contributed by atoms with Crippen LogP contribution in [0.5, 0.6) is 0 Å². The van der Waals surface area contributed by atoms with Gasteiger partial charge in [0.2, 0.25) is 0 Å². The number of rotatable bonds is 3. The molecule has 1 saturated heterocycles. The van der Waals surface area contributed by atoms with Crippen molar-refractivity contribution in [3.05, 3.63) is 87.0 Å². The fourth-order valence-electron chi connectivity index (χ4n) is 3.16. The summed E-state index contributed by atoms with van der Waals surface area (Å²) in [6.07, 6.45) is 1.94. The largest absolute Gasteiger partial charge is 0.318 e. The molecule has 0 spiro atoms. The van der Waals surface area contributed by atoms with Crippen molar-refractivity contribution < 1.29 is 4.79 Å². The summed E-state index contributed by atoms with van der Waals surface area (Å²) in [7, 11) is 0. The predicted molar refractivity (Wildman–Crippen MR) is 120 cm³/mol. The van der Waals surface area contributed by atoms with Gasteiger partial charge < -0.3 is 9.88 Å². The number of aryl methyl sites for hydroxylation is 1. The molecule has 0 aliphatic carbocycles. The van der Waals surface area contributed by atoms with Gasteiger partial charge in [-0.3, -0.25) is 4.79 Å². The second kappa shape index (κ2) is 7.81. The maximum atomic E-state index is 12.4. The number of hydrogen-bond donors (Lipinski definition) is 1. The molecular formula is C22H18BrN3OS. The Bertz CT molecular complexity index is 1100. The molecule has 4 nitrogen and oxygen atoms in total. The molecule has 28 heavy (non-hydrogen) atoms. The van der Waals surface area contributed by atoms with Crippen molar-refractivity contribution in [3.8, 4) is 5.69 Å². The first-order valence-electron chi connectivity index (χ1n) is 8.81. The van der Waals surface area contributed by atoms with Crippen LogP contribution in [0.3, 0.4) is 0 Å². The van der Waals surface area contributed by atoms with E-state index in [1.165, 1.54) is 11.8 Å². The van der Waals surface area contributed by atoms with Crippen molar-refractivity contribution in [2.24, 2.45) is 4.99 Å². The zero-order valence-electron chi connectivity index (χ0n) is 15.4. The van der Waals surface area contributed by atoms with Crippen molar-refractivity contribution in [3.63, 3.8) is 0 Å². The minimum atomic E-state index is -0.120. The maximum Gasteiger partial charge on any atom is 0.264 e. The van der Waals surface area contributed by atoms with Crippen LogP contribution < -0.4 is 5.32 Å². The number of carbonyl (C=O) groups is 1. The van der Waals surface area contributed by atoms with Crippen LogP contribution in [0, 0.1) is 13.8 Å². The fraction of sp³-hybridized carbons (Fsp3) is 0.0909. The highest BCUT2D eigenvalue weighted by Gasteiger charge is 2.24. The Labute approximate surface area is 176 Å². The summed E-state index contributed by atoms with van der Waals surface area (Å²) >= 11 is 4.77. The van der Waals surface area contributed by atoms with Gasteiger partial charge in [0.1, 0.15) is 0 Å². The fourth-order valence-corrected chi connectivity index (χ4v) is 4.26. The summed E-state index contributed by atoms with van der Waals surface area (Å²) < 4.78 is 3.19. The predicted octanol–water partition coefficient (Wildman–Crippen LogP) is 5.75. The number of hydrogen-bond acceptors (Lipinski definition) is 3. The van der Waals surface area contributed by atoms with Crippen LogP contribution in [0.15, 0.2) is 75.0 Å². The molecule has 1 amide bonds. The van der Waals surface area contributed by atoms with Crippen molar-refractivity contribution in [1.82, 2.24) is 9.88 Å². The Balaban J connectivity index is 1.63. The SMILES string of the molecule is Cc1cc(/C=C2\SC(=Nc3ccc(Br)cc3)NC2=O)c(C)n1-c1ccccc1. The van der Waals surface area contributed by atoms with Crippen molar-refractivity contribution >= 4 is 50.5 Å². The van der Waals surface area contributed by atoms with Gasteiger partial charge in [0.25, 0.3) is 5.91 Å². The number of thioether (sulfide) groups is 1. The van der Waals surface area contributed by atoms with Gasteiger partial charge in [-0.25, -0.2) is 4.99 Å². The number of aliphatic imine (C=N–C) groups is 1. The number of para-hydroxylation sites is 1. The van der Waals surface area contributed by atoms with E-state index in [0.717, 1.165) is 32.8 Å². The molecule has 1 aliphatic rings. The lowest BCUT2D eigenvalue weighted by molar-refractivity contribution is -0.115. The third-order valence-electron chi connectivity index (χ3n) is 4.48. The third-order valence-corrected chi connectivity index (χ3v) is 5.92. The Hall–Kier alpha value is -2.57. The average Bonchev–Trinajstić information content (AvgIpc) is 3.16. The van der Waals surface area contributed by atoms with Crippen LogP contribution >= 0.6 is 27.7 Å². The topological polar surface area (TPSA) is 46.4 Å². The number of amidine groups is 1. The lowest BCUT2D eigenvalue weighted by atomic mass is 10.2. The van der Waals surface area contributed by atoms with E-state index < -0.39 is 0 Å². The molecule has 2 aromatic carbocycles. The van der Waals surface area contributed by atoms with Gasteiger partial charge in [-0.2, -0.15) is 0 Å². The van der Waals surface area contributed by atoms with Crippen LogP contribution in [0.25, 0.3) is 11.8 Å². The zero-order chi connectivity index (χ0) is 19.7. The second-order valence-electron chi connectivity index (χ2n) is 6.46. The summed E-state index contributed by atoms with van der Waals surface area (Å²) in [6, 6.07) is 20.0. The summed E-state index contributed by atoms with van der Waals surface area (Å²) in [5.41, 5.74) is 5.17. The molecule has 1 aromatic heterocycles. The number of aromatic nitrogens is 1.